The van der Waals surface area contributed by atoms with E-state index >= 15 is 0 Å². The summed E-state index contributed by atoms with van der Waals surface area (Å²) in [6.45, 7) is 10.7. The molecule has 0 unspecified atom stereocenters. The van der Waals surface area contributed by atoms with E-state index in [-0.39, 0.29) is 19.4 Å². The summed E-state index contributed by atoms with van der Waals surface area (Å²) >= 11 is 1.34. The van der Waals surface area contributed by atoms with Crippen molar-refractivity contribution in [3.05, 3.63) is 107 Å². The lowest BCUT2D eigenvalue weighted by Crippen LogP contribution is -2.59. The van der Waals surface area contributed by atoms with Crippen LogP contribution < -0.4 is 21.3 Å². The van der Waals surface area contributed by atoms with Gasteiger partial charge in [-0.1, -0.05) is 102 Å². The Labute approximate surface area is 326 Å². The molecule has 0 aliphatic carbocycles. The summed E-state index contributed by atoms with van der Waals surface area (Å²) in [4.78, 5) is 61.5. The van der Waals surface area contributed by atoms with Crippen molar-refractivity contribution in [3.63, 3.8) is 0 Å². The molecular formula is C41H52N6O7S. The van der Waals surface area contributed by atoms with E-state index in [4.69, 9.17) is 4.74 Å². The van der Waals surface area contributed by atoms with Gasteiger partial charge in [-0.15, -0.1) is 11.3 Å². The lowest BCUT2D eigenvalue weighted by Gasteiger charge is -2.34. The van der Waals surface area contributed by atoms with Crippen molar-refractivity contribution in [2.24, 2.45) is 10.8 Å². The van der Waals surface area contributed by atoms with Crippen LogP contribution in [0.15, 0.2) is 90.7 Å². The maximum atomic E-state index is 14.0. The first-order chi connectivity index (χ1) is 26.0. The Balaban J connectivity index is 1.60. The summed E-state index contributed by atoms with van der Waals surface area (Å²) < 4.78 is 5.36. The topological polar surface area (TPSA) is 192 Å². The lowest BCUT2D eigenvalue weighted by molar-refractivity contribution is -0.128. The maximum absolute atomic E-state index is 14.0. The predicted octanol–water partition coefficient (Wildman–Crippen LogP) is 5.73. The molecule has 0 aliphatic heterocycles. The predicted molar refractivity (Wildman–Crippen MR) is 211 cm³/mol. The molecule has 4 aromatic rings. The number of aliphatic hydroxyl groups is 1. The van der Waals surface area contributed by atoms with Gasteiger partial charge in [-0.3, -0.25) is 19.6 Å². The minimum absolute atomic E-state index is 0.0000488. The number of aromatic nitrogens is 2. The van der Waals surface area contributed by atoms with E-state index in [0.29, 0.717) is 6.42 Å². The quantitative estimate of drug-likeness (QED) is 0.0825. The molecule has 4 amide bonds. The molecule has 0 spiro atoms. The zero-order valence-electron chi connectivity index (χ0n) is 32.1. The highest BCUT2D eigenvalue weighted by Gasteiger charge is 2.37. The van der Waals surface area contributed by atoms with E-state index < -0.39 is 65.1 Å². The second kappa shape index (κ2) is 19.3. The highest BCUT2D eigenvalue weighted by molar-refractivity contribution is 7.09. The number of rotatable bonds is 16. The van der Waals surface area contributed by atoms with Gasteiger partial charge in [0.2, 0.25) is 11.8 Å². The molecule has 13 nitrogen and oxygen atoms in total. The largest absolute Gasteiger partial charge is 0.465 e. The van der Waals surface area contributed by atoms with Crippen LogP contribution >= 0.6 is 11.3 Å². The summed E-state index contributed by atoms with van der Waals surface area (Å²) in [5.41, 5.74) is 3.53. The Bertz CT molecular complexity index is 1830. The number of thiazole rings is 1. The van der Waals surface area contributed by atoms with Crippen molar-refractivity contribution in [1.82, 2.24) is 31.2 Å². The average molecular weight is 773 g/mol. The summed E-state index contributed by atoms with van der Waals surface area (Å²) in [6.07, 6.45) is 0.542. The molecular weight excluding hydrogens is 721 g/mol. The molecule has 14 heteroatoms. The summed E-state index contributed by atoms with van der Waals surface area (Å²) in [7, 11) is 0. The van der Waals surface area contributed by atoms with Gasteiger partial charge in [0.15, 0.2) is 0 Å². The van der Waals surface area contributed by atoms with Crippen molar-refractivity contribution < 1.29 is 34.1 Å². The fraction of sp³-hybridized carbons (Fsp3) is 0.415. The number of hydrogen-bond acceptors (Lipinski definition) is 9. The average Bonchev–Trinajstić information content (AvgIpc) is 3.65. The van der Waals surface area contributed by atoms with Crippen LogP contribution in [0, 0.1) is 10.8 Å². The molecule has 294 valence electrons. The van der Waals surface area contributed by atoms with E-state index in [1.165, 1.54) is 11.3 Å². The smallest absolute Gasteiger partial charge is 0.408 e. The monoisotopic (exact) mass is 772 g/mol. The highest BCUT2D eigenvalue weighted by atomic mass is 32.1. The van der Waals surface area contributed by atoms with E-state index in [1.807, 2.05) is 93.6 Å². The van der Waals surface area contributed by atoms with Crippen LogP contribution in [-0.4, -0.2) is 74.5 Å². The Kier molecular flexibility index (Phi) is 14.9. The number of hydrogen-bond donors (Lipinski definition) is 6. The number of carboxylic acid groups (broad SMARTS) is 1. The van der Waals surface area contributed by atoms with Crippen LogP contribution in [0.2, 0.25) is 0 Å². The molecule has 2 heterocycles. The van der Waals surface area contributed by atoms with Crippen LogP contribution in [0.3, 0.4) is 0 Å². The molecule has 4 rings (SSSR count). The molecule has 0 aliphatic rings. The first kappa shape index (κ1) is 42.4. The van der Waals surface area contributed by atoms with Crippen LogP contribution in [0.25, 0.3) is 11.3 Å². The summed E-state index contributed by atoms with van der Waals surface area (Å²) in [5.74, 6) is -1.07. The molecule has 0 saturated carbocycles. The number of nitrogens with one attached hydrogen (secondary N) is 4. The van der Waals surface area contributed by atoms with E-state index in [1.54, 1.807) is 38.7 Å². The van der Waals surface area contributed by atoms with Gasteiger partial charge in [0.1, 0.15) is 18.7 Å². The van der Waals surface area contributed by atoms with Crippen molar-refractivity contribution in [2.45, 2.75) is 97.7 Å². The summed E-state index contributed by atoms with van der Waals surface area (Å²) in [6, 6.07) is 19.0. The zero-order valence-corrected chi connectivity index (χ0v) is 32.9. The third-order valence-corrected chi connectivity index (χ3v) is 9.73. The number of nitrogens with zero attached hydrogens (tertiary/aromatic N) is 2. The van der Waals surface area contributed by atoms with Crippen molar-refractivity contribution in [1.29, 1.82) is 0 Å². The van der Waals surface area contributed by atoms with Crippen molar-refractivity contribution >= 4 is 35.3 Å². The number of alkyl carbamates (subject to hydrolysis) is 1. The maximum Gasteiger partial charge on any atom is 0.408 e. The van der Waals surface area contributed by atoms with Crippen LogP contribution in [0.4, 0.5) is 9.59 Å². The molecule has 2 aromatic heterocycles. The fourth-order valence-corrected chi connectivity index (χ4v) is 6.57. The first-order valence-electron chi connectivity index (χ1n) is 18.1. The lowest BCUT2D eigenvalue weighted by atomic mass is 9.85. The molecule has 2 aromatic carbocycles. The number of carbonyl (C=O) groups is 4. The minimum atomic E-state index is -1.34. The second-order valence-corrected chi connectivity index (χ2v) is 16.6. The molecule has 55 heavy (non-hydrogen) atoms. The number of aliphatic hydroxyl groups excluding tert-OH is 1. The SMILES string of the molecule is CC(C)(C)[C@H](NC(=O)O)C(=O)N[C@H](Cc1ccc(-c2ccccn2)cc1)C[C@H](O)[C@H](Cc1ccccc1)NC(=O)[C@@H](NC(=O)OCc1cncs1)C(C)(C)C. The van der Waals surface area contributed by atoms with Gasteiger partial charge in [0.25, 0.3) is 0 Å². The number of amides is 4. The Morgan fingerprint density at radius 1 is 0.764 bits per heavy atom. The van der Waals surface area contributed by atoms with Crippen molar-refractivity contribution in [3.8, 4) is 11.3 Å². The standard InChI is InChI=1S/C41H52N6O7S/c1-40(2,3)34(46-38(51)52)36(49)44-29(20-27-15-17-28(18-16-27)31-14-10-11-19-43-31)22-33(48)32(21-26-12-8-7-9-13-26)45-37(50)35(41(4,5)6)47-39(53)54-24-30-23-42-25-55-30/h7-19,23,25,29,32-35,46,48H,20-22,24H2,1-6H3,(H,44,49)(H,45,50)(H,47,53)(H,51,52)/t29-,32+,33+,34-,35-/m1/s1. The van der Waals surface area contributed by atoms with Crippen LogP contribution in [0.1, 0.15) is 64.0 Å². The Hall–Kier alpha value is -5.34. The van der Waals surface area contributed by atoms with Gasteiger partial charge < -0.3 is 36.2 Å². The highest BCUT2D eigenvalue weighted by Crippen LogP contribution is 2.24. The van der Waals surface area contributed by atoms with Gasteiger partial charge >= 0.3 is 12.2 Å². The van der Waals surface area contributed by atoms with Gasteiger partial charge in [0, 0.05) is 24.0 Å². The number of ether oxygens (including phenoxy) is 1. The number of carbonyl (C=O) groups excluding carboxylic acids is 3. The molecule has 6 N–H and O–H groups in total. The van der Waals surface area contributed by atoms with E-state index in [0.717, 1.165) is 27.3 Å². The van der Waals surface area contributed by atoms with Gasteiger partial charge in [-0.2, -0.15) is 0 Å². The van der Waals surface area contributed by atoms with Gasteiger partial charge in [0.05, 0.1) is 28.2 Å². The number of pyridine rings is 1. The fourth-order valence-electron chi connectivity index (χ4n) is 6.06. The normalized spacial score (nSPS) is 14.4. The first-order valence-corrected chi connectivity index (χ1v) is 19.0. The minimum Gasteiger partial charge on any atom is -0.465 e. The number of benzene rings is 2. The van der Waals surface area contributed by atoms with Gasteiger partial charge in [-0.25, -0.2) is 9.59 Å². The molecule has 5 atom stereocenters. The molecule has 0 saturated heterocycles. The van der Waals surface area contributed by atoms with Gasteiger partial charge in [-0.05, 0) is 53.4 Å². The molecule has 0 bridgehead atoms. The molecule has 0 radical (unpaired) electrons. The van der Waals surface area contributed by atoms with E-state index in [2.05, 4.69) is 31.2 Å². The zero-order chi connectivity index (χ0) is 40.2. The third-order valence-electron chi connectivity index (χ3n) is 8.98. The van der Waals surface area contributed by atoms with E-state index in [9.17, 15) is 29.4 Å². The Morgan fingerprint density at radius 2 is 1.38 bits per heavy atom. The Morgan fingerprint density at radius 3 is 1.96 bits per heavy atom. The van der Waals surface area contributed by atoms with Crippen LogP contribution in [0.5, 0.6) is 0 Å². The third kappa shape index (κ3) is 13.5. The summed E-state index contributed by atoms with van der Waals surface area (Å²) in [5, 5.41) is 32.5. The van der Waals surface area contributed by atoms with Crippen molar-refractivity contribution in [2.75, 3.05) is 0 Å². The van der Waals surface area contributed by atoms with Crippen LogP contribution in [-0.2, 0) is 33.8 Å². The second-order valence-electron chi connectivity index (χ2n) is 15.7. The molecule has 0 fully saturated rings.